The Morgan fingerprint density at radius 2 is 1.50 bits per heavy atom. The van der Waals surface area contributed by atoms with Crippen molar-refractivity contribution in [2.75, 3.05) is 16.0 Å². The van der Waals surface area contributed by atoms with E-state index in [-0.39, 0.29) is 11.8 Å². The average molecular weight is 518 g/mol. The Kier molecular flexibility index (Phi) is 6.50. The second-order valence-electron chi connectivity index (χ2n) is 8.22. The van der Waals surface area contributed by atoms with Gasteiger partial charge in [-0.3, -0.25) is 9.59 Å². The summed E-state index contributed by atoms with van der Waals surface area (Å²) in [6.07, 6.45) is 1.48. The first kappa shape index (κ1) is 23.7. The van der Waals surface area contributed by atoms with Gasteiger partial charge in [0.15, 0.2) is 0 Å². The molecule has 5 rings (SSSR count). The highest BCUT2D eigenvalue weighted by Crippen LogP contribution is 2.40. The number of amides is 2. The van der Waals surface area contributed by atoms with E-state index in [0.29, 0.717) is 49.6 Å². The molecule has 0 unspecified atom stereocenters. The third kappa shape index (κ3) is 4.58. The SMILES string of the molecule is CC1=C(C(=O)Nc2ccc(Cl)cc2)[C@H](c2ccccc2Cl)n2ncc(C(=O)Nc3ccccc3)c2N1. The second-order valence-corrected chi connectivity index (χ2v) is 9.06. The van der Waals surface area contributed by atoms with Gasteiger partial charge in [0.2, 0.25) is 0 Å². The molecule has 0 spiro atoms. The maximum Gasteiger partial charge on any atom is 0.261 e. The molecule has 180 valence electrons. The summed E-state index contributed by atoms with van der Waals surface area (Å²) in [5, 5.41) is 14.6. The Bertz CT molecular complexity index is 1480. The lowest BCUT2D eigenvalue weighted by Gasteiger charge is -2.30. The van der Waals surface area contributed by atoms with Crippen molar-refractivity contribution in [3.05, 3.63) is 118 Å². The van der Waals surface area contributed by atoms with Crippen molar-refractivity contribution in [1.82, 2.24) is 9.78 Å². The summed E-state index contributed by atoms with van der Waals surface area (Å²) in [4.78, 5) is 26.7. The summed E-state index contributed by atoms with van der Waals surface area (Å²) in [5.41, 5.74) is 3.28. The number of para-hydroxylation sites is 1. The molecule has 7 nitrogen and oxygen atoms in total. The van der Waals surface area contributed by atoms with E-state index in [9.17, 15) is 9.59 Å². The predicted octanol–water partition coefficient (Wildman–Crippen LogP) is 6.37. The monoisotopic (exact) mass is 517 g/mol. The van der Waals surface area contributed by atoms with Crippen molar-refractivity contribution < 1.29 is 9.59 Å². The molecule has 9 heteroatoms. The number of carbonyl (C=O) groups is 2. The largest absolute Gasteiger partial charge is 0.343 e. The number of allylic oxidation sites excluding steroid dienone is 1. The number of carbonyl (C=O) groups excluding carboxylic acids is 2. The molecule has 0 fully saturated rings. The van der Waals surface area contributed by atoms with Crippen molar-refractivity contribution in [3.8, 4) is 0 Å². The molecule has 36 heavy (non-hydrogen) atoms. The average Bonchev–Trinajstić information content (AvgIpc) is 3.29. The number of hydrogen-bond acceptors (Lipinski definition) is 4. The minimum absolute atomic E-state index is 0.324. The summed E-state index contributed by atoms with van der Waals surface area (Å²) in [6, 6.07) is 22.6. The van der Waals surface area contributed by atoms with Gasteiger partial charge in [-0.05, 0) is 49.4 Å². The molecule has 3 aromatic carbocycles. The fourth-order valence-electron chi connectivity index (χ4n) is 4.15. The van der Waals surface area contributed by atoms with Crippen molar-refractivity contribution in [2.45, 2.75) is 13.0 Å². The van der Waals surface area contributed by atoms with Crippen LogP contribution in [0.2, 0.25) is 10.0 Å². The lowest BCUT2D eigenvalue weighted by atomic mass is 9.94. The quantitative estimate of drug-likeness (QED) is 0.287. The van der Waals surface area contributed by atoms with Gasteiger partial charge in [-0.1, -0.05) is 59.6 Å². The molecule has 0 radical (unpaired) electrons. The molecule has 1 aromatic heterocycles. The molecular formula is C27H21Cl2N5O2. The molecule has 0 saturated carbocycles. The molecule has 1 aliphatic rings. The minimum atomic E-state index is -0.666. The van der Waals surface area contributed by atoms with Gasteiger partial charge in [0.05, 0.1) is 11.8 Å². The Morgan fingerprint density at radius 3 is 2.22 bits per heavy atom. The van der Waals surface area contributed by atoms with Crippen molar-refractivity contribution in [2.24, 2.45) is 0 Å². The van der Waals surface area contributed by atoms with Gasteiger partial charge in [-0.25, -0.2) is 4.68 Å². The summed E-state index contributed by atoms with van der Waals surface area (Å²) in [6.45, 7) is 1.79. The molecule has 1 aliphatic heterocycles. The van der Waals surface area contributed by atoms with E-state index >= 15 is 0 Å². The third-order valence-electron chi connectivity index (χ3n) is 5.85. The maximum absolute atomic E-state index is 13.5. The first-order valence-electron chi connectivity index (χ1n) is 11.2. The predicted molar refractivity (Wildman–Crippen MR) is 143 cm³/mol. The lowest BCUT2D eigenvalue weighted by molar-refractivity contribution is -0.113. The van der Waals surface area contributed by atoms with Gasteiger partial charge in [-0.2, -0.15) is 5.10 Å². The van der Waals surface area contributed by atoms with Crippen LogP contribution in [-0.2, 0) is 4.79 Å². The van der Waals surface area contributed by atoms with Gasteiger partial charge in [-0.15, -0.1) is 0 Å². The fourth-order valence-corrected chi connectivity index (χ4v) is 4.52. The van der Waals surface area contributed by atoms with Crippen LogP contribution < -0.4 is 16.0 Å². The van der Waals surface area contributed by atoms with Crippen LogP contribution in [0, 0.1) is 0 Å². The normalized spacial score (nSPS) is 14.6. The number of halogens is 2. The molecule has 0 bridgehead atoms. The Labute approximate surface area is 217 Å². The van der Waals surface area contributed by atoms with E-state index < -0.39 is 6.04 Å². The molecule has 2 heterocycles. The maximum atomic E-state index is 13.5. The van der Waals surface area contributed by atoms with Gasteiger partial charge in [0.25, 0.3) is 11.8 Å². The second kappa shape index (κ2) is 9.89. The van der Waals surface area contributed by atoms with Crippen LogP contribution in [-0.4, -0.2) is 21.6 Å². The van der Waals surface area contributed by atoms with Gasteiger partial charge in [0.1, 0.15) is 17.4 Å². The first-order chi connectivity index (χ1) is 17.4. The first-order valence-corrected chi connectivity index (χ1v) is 11.9. The highest BCUT2D eigenvalue weighted by molar-refractivity contribution is 6.31. The number of aromatic nitrogens is 2. The van der Waals surface area contributed by atoms with E-state index in [1.807, 2.05) is 36.4 Å². The molecule has 0 saturated heterocycles. The molecule has 4 aromatic rings. The van der Waals surface area contributed by atoms with Crippen LogP contribution in [0.15, 0.2) is 96.3 Å². The van der Waals surface area contributed by atoms with E-state index in [0.717, 1.165) is 0 Å². The number of benzene rings is 3. The van der Waals surface area contributed by atoms with Crippen LogP contribution in [0.1, 0.15) is 28.9 Å². The Balaban J connectivity index is 1.55. The van der Waals surface area contributed by atoms with Crippen LogP contribution in [0.3, 0.4) is 0 Å². The van der Waals surface area contributed by atoms with E-state index in [1.165, 1.54) is 6.20 Å². The van der Waals surface area contributed by atoms with Gasteiger partial charge < -0.3 is 16.0 Å². The zero-order valence-electron chi connectivity index (χ0n) is 19.1. The van der Waals surface area contributed by atoms with Crippen molar-refractivity contribution in [3.63, 3.8) is 0 Å². The van der Waals surface area contributed by atoms with Crippen LogP contribution in [0.4, 0.5) is 17.2 Å². The van der Waals surface area contributed by atoms with Crippen LogP contribution >= 0.6 is 23.2 Å². The molecule has 0 aliphatic carbocycles. The molecular weight excluding hydrogens is 497 g/mol. The van der Waals surface area contributed by atoms with Gasteiger partial charge in [0, 0.05) is 32.7 Å². The molecule has 2 amide bonds. The third-order valence-corrected chi connectivity index (χ3v) is 6.44. The Morgan fingerprint density at radius 1 is 0.861 bits per heavy atom. The fraction of sp³-hybridized carbons (Fsp3) is 0.0741. The molecule has 1 atom stereocenters. The summed E-state index contributed by atoms with van der Waals surface area (Å²) in [7, 11) is 0. The summed E-state index contributed by atoms with van der Waals surface area (Å²) < 4.78 is 1.62. The van der Waals surface area contributed by atoms with Crippen LogP contribution in [0.25, 0.3) is 0 Å². The number of rotatable bonds is 5. The standard InChI is InChI=1S/C27H21Cl2N5O2/c1-16-23(27(36)33-19-13-11-17(28)12-14-19)24(20-9-5-6-10-22(20)29)34-25(31-16)21(15-30-34)26(35)32-18-7-3-2-4-8-18/h2-15,24,31H,1H3,(H,32,35)(H,33,36)/t24-/m0/s1. The zero-order chi connectivity index (χ0) is 25.2. The highest BCUT2D eigenvalue weighted by atomic mass is 35.5. The van der Waals surface area contributed by atoms with Gasteiger partial charge >= 0.3 is 0 Å². The number of nitrogens with zero attached hydrogens (tertiary/aromatic N) is 2. The van der Waals surface area contributed by atoms with E-state index in [2.05, 4.69) is 21.0 Å². The smallest absolute Gasteiger partial charge is 0.261 e. The summed E-state index contributed by atoms with van der Waals surface area (Å²) in [5.74, 6) is -0.188. The number of nitrogens with one attached hydrogen (secondary N) is 3. The number of fused-ring (bicyclic) bond motifs is 1. The van der Waals surface area contributed by atoms with Crippen molar-refractivity contribution in [1.29, 1.82) is 0 Å². The van der Waals surface area contributed by atoms with Crippen LogP contribution in [0.5, 0.6) is 0 Å². The summed E-state index contributed by atoms with van der Waals surface area (Å²) >= 11 is 12.6. The Hall–Kier alpha value is -4.07. The number of hydrogen-bond donors (Lipinski definition) is 3. The topological polar surface area (TPSA) is 88.0 Å². The minimum Gasteiger partial charge on any atom is -0.343 e. The highest BCUT2D eigenvalue weighted by Gasteiger charge is 2.36. The number of anilines is 3. The van der Waals surface area contributed by atoms with E-state index in [1.54, 1.807) is 54.1 Å². The zero-order valence-corrected chi connectivity index (χ0v) is 20.6. The lowest BCUT2D eigenvalue weighted by Crippen LogP contribution is -2.32. The van der Waals surface area contributed by atoms with Crippen molar-refractivity contribution >= 4 is 52.2 Å². The van der Waals surface area contributed by atoms with E-state index in [4.69, 9.17) is 23.2 Å². The molecule has 3 N–H and O–H groups in total.